The maximum absolute atomic E-state index is 13.1. The number of hydrogen-bond acceptors (Lipinski definition) is 6. The third-order valence-corrected chi connectivity index (χ3v) is 6.50. The molecule has 1 aromatic carbocycles. The Morgan fingerprint density at radius 1 is 1.23 bits per heavy atom. The van der Waals surface area contributed by atoms with E-state index in [4.69, 9.17) is 22.7 Å². The number of anilines is 2. The molecule has 2 heterocycles. The second-order valence-corrected chi connectivity index (χ2v) is 8.42. The first-order chi connectivity index (χ1) is 14.6. The van der Waals surface area contributed by atoms with Gasteiger partial charge in [0.2, 0.25) is 5.88 Å². The van der Waals surface area contributed by atoms with Crippen molar-refractivity contribution in [2.75, 3.05) is 30.8 Å². The van der Waals surface area contributed by atoms with Crippen molar-refractivity contribution in [2.45, 2.75) is 38.0 Å². The van der Waals surface area contributed by atoms with Gasteiger partial charge in [-0.2, -0.15) is 0 Å². The molecule has 0 radical (unpaired) electrons. The molecule has 1 saturated carbocycles. The van der Waals surface area contributed by atoms with Crippen molar-refractivity contribution in [3.05, 3.63) is 41.7 Å². The summed E-state index contributed by atoms with van der Waals surface area (Å²) < 4.78 is 5.61. The standard InChI is InChI=1S/C22H27N5O2S/c1-24-18(30)12-14-2-4-15(5-3-14)16-6-8-17(9-7-16)27-10-11-29-21-19(22(27)28)20(23)25-13-26-21/h6-9,13-15H,2-5,10-12H2,1H3,(H,24,30)(H2,23,25,26). The first-order valence-electron chi connectivity index (χ1n) is 10.4. The summed E-state index contributed by atoms with van der Waals surface area (Å²) in [6.07, 6.45) is 7.05. The molecule has 1 aromatic heterocycles. The lowest BCUT2D eigenvalue weighted by Crippen LogP contribution is -2.32. The van der Waals surface area contributed by atoms with E-state index >= 15 is 0 Å². The van der Waals surface area contributed by atoms with Gasteiger partial charge >= 0.3 is 0 Å². The fourth-order valence-corrected chi connectivity index (χ4v) is 4.64. The normalized spacial score (nSPS) is 21.4. The van der Waals surface area contributed by atoms with Gasteiger partial charge in [0.1, 0.15) is 24.3 Å². The van der Waals surface area contributed by atoms with Crippen LogP contribution in [-0.2, 0) is 0 Å². The number of benzene rings is 1. The molecule has 2 aromatic rings. The molecule has 7 nitrogen and oxygen atoms in total. The van der Waals surface area contributed by atoms with Crippen molar-refractivity contribution in [3.63, 3.8) is 0 Å². The second-order valence-electron chi connectivity index (χ2n) is 7.93. The zero-order chi connectivity index (χ0) is 21.1. The van der Waals surface area contributed by atoms with Crippen LogP contribution < -0.4 is 20.7 Å². The van der Waals surface area contributed by atoms with Gasteiger partial charge in [0.25, 0.3) is 5.91 Å². The largest absolute Gasteiger partial charge is 0.475 e. The quantitative estimate of drug-likeness (QED) is 0.726. The van der Waals surface area contributed by atoms with E-state index in [-0.39, 0.29) is 23.2 Å². The van der Waals surface area contributed by atoms with E-state index in [1.807, 2.05) is 19.2 Å². The Kier molecular flexibility index (Phi) is 6.13. The van der Waals surface area contributed by atoms with Crippen LogP contribution >= 0.6 is 12.2 Å². The number of nitrogens with one attached hydrogen (secondary N) is 1. The molecular weight excluding hydrogens is 398 g/mol. The minimum absolute atomic E-state index is 0.142. The Morgan fingerprint density at radius 3 is 2.67 bits per heavy atom. The molecule has 0 spiro atoms. The number of ether oxygens (including phenoxy) is 1. The molecule has 1 aliphatic carbocycles. The van der Waals surface area contributed by atoms with Gasteiger partial charge in [0.05, 0.1) is 11.5 Å². The summed E-state index contributed by atoms with van der Waals surface area (Å²) >= 11 is 5.32. The predicted molar refractivity (Wildman–Crippen MR) is 121 cm³/mol. The van der Waals surface area contributed by atoms with E-state index < -0.39 is 0 Å². The van der Waals surface area contributed by atoms with E-state index in [9.17, 15) is 4.79 Å². The van der Waals surface area contributed by atoms with Crippen LogP contribution in [0.3, 0.4) is 0 Å². The molecule has 3 N–H and O–H groups in total. The summed E-state index contributed by atoms with van der Waals surface area (Å²) in [7, 11) is 1.90. The second kappa shape index (κ2) is 8.95. The van der Waals surface area contributed by atoms with Gasteiger partial charge in [-0.3, -0.25) is 4.79 Å². The van der Waals surface area contributed by atoms with Crippen LogP contribution in [0.15, 0.2) is 30.6 Å². The molecule has 0 atom stereocenters. The van der Waals surface area contributed by atoms with E-state index in [2.05, 4.69) is 27.4 Å². The van der Waals surface area contributed by atoms with Crippen molar-refractivity contribution in [1.29, 1.82) is 0 Å². The zero-order valence-electron chi connectivity index (χ0n) is 17.1. The molecule has 158 valence electrons. The van der Waals surface area contributed by atoms with Gasteiger partial charge < -0.3 is 20.7 Å². The number of hydrogen-bond donors (Lipinski definition) is 2. The highest BCUT2D eigenvalue weighted by atomic mass is 32.1. The van der Waals surface area contributed by atoms with Crippen molar-refractivity contribution < 1.29 is 9.53 Å². The third kappa shape index (κ3) is 4.23. The number of carbonyl (C=O) groups excluding carboxylic acids is 1. The molecule has 30 heavy (non-hydrogen) atoms. The molecule has 0 saturated heterocycles. The number of nitrogen functional groups attached to an aromatic ring is 1. The SMILES string of the molecule is CNC(=S)CC1CCC(c2ccc(N3CCOc4ncnc(N)c4C3=O)cc2)CC1. The number of rotatable bonds is 4. The number of fused-ring (bicyclic) bond motifs is 1. The van der Waals surface area contributed by atoms with Crippen LogP contribution in [0.2, 0.25) is 0 Å². The summed E-state index contributed by atoms with van der Waals surface area (Å²) in [6, 6.07) is 8.31. The van der Waals surface area contributed by atoms with Gasteiger partial charge in [-0.05, 0) is 55.2 Å². The van der Waals surface area contributed by atoms with E-state index in [0.717, 1.165) is 17.1 Å². The van der Waals surface area contributed by atoms with E-state index in [0.29, 0.717) is 25.0 Å². The summed E-state index contributed by atoms with van der Waals surface area (Å²) in [5, 5.41) is 3.08. The summed E-state index contributed by atoms with van der Waals surface area (Å²) in [5.74, 6) is 1.41. The van der Waals surface area contributed by atoms with E-state index in [1.165, 1.54) is 37.6 Å². The number of nitrogens with two attached hydrogens (primary N) is 1. The Hall–Kier alpha value is -2.74. The summed E-state index contributed by atoms with van der Waals surface area (Å²) in [6.45, 7) is 0.792. The van der Waals surface area contributed by atoms with E-state index in [1.54, 1.807) is 4.90 Å². The van der Waals surface area contributed by atoms with Crippen LogP contribution in [0.25, 0.3) is 0 Å². The molecule has 1 fully saturated rings. The number of nitrogens with zero attached hydrogens (tertiary/aromatic N) is 3. The zero-order valence-corrected chi connectivity index (χ0v) is 18.0. The molecule has 1 aliphatic heterocycles. The molecular formula is C22H27N5O2S. The minimum atomic E-state index is -0.227. The molecule has 0 bridgehead atoms. The average Bonchev–Trinajstić information content (AvgIpc) is 2.94. The summed E-state index contributed by atoms with van der Waals surface area (Å²) in [4.78, 5) is 23.7. The summed E-state index contributed by atoms with van der Waals surface area (Å²) in [5.41, 5.74) is 8.31. The van der Waals surface area contributed by atoms with Crippen molar-refractivity contribution in [2.24, 2.45) is 5.92 Å². The van der Waals surface area contributed by atoms with Gasteiger partial charge in [-0.25, -0.2) is 9.97 Å². The monoisotopic (exact) mass is 425 g/mol. The van der Waals surface area contributed by atoms with Crippen LogP contribution in [0.1, 0.15) is 53.9 Å². The third-order valence-electron chi connectivity index (χ3n) is 6.13. The van der Waals surface area contributed by atoms with Crippen LogP contribution in [0, 0.1) is 5.92 Å². The highest BCUT2D eigenvalue weighted by Crippen LogP contribution is 2.38. The van der Waals surface area contributed by atoms with Gasteiger partial charge in [-0.15, -0.1) is 0 Å². The first kappa shape index (κ1) is 20.5. The van der Waals surface area contributed by atoms with Crippen molar-refractivity contribution in [1.82, 2.24) is 15.3 Å². The Labute approximate surface area is 182 Å². The minimum Gasteiger partial charge on any atom is -0.475 e. The van der Waals surface area contributed by atoms with Crippen molar-refractivity contribution in [3.8, 4) is 5.88 Å². The van der Waals surface area contributed by atoms with Crippen LogP contribution in [-0.4, -0.2) is 41.1 Å². The highest BCUT2D eigenvalue weighted by Gasteiger charge is 2.29. The van der Waals surface area contributed by atoms with Crippen LogP contribution in [0.4, 0.5) is 11.5 Å². The Morgan fingerprint density at radius 2 is 1.97 bits per heavy atom. The van der Waals surface area contributed by atoms with Crippen molar-refractivity contribution >= 4 is 34.6 Å². The molecule has 2 aliphatic rings. The lowest BCUT2D eigenvalue weighted by atomic mass is 9.77. The molecule has 1 amide bonds. The lowest BCUT2D eigenvalue weighted by Gasteiger charge is -2.29. The van der Waals surface area contributed by atoms with Gasteiger partial charge in [0, 0.05) is 19.2 Å². The number of thiocarbonyl (C=S) groups is 1. The maximum atomic E-state index is 13.1. The maximum Gasteiger partial charge on any atom is 0.267 e. The highest BCUT2D eigenvalue weighted by molar-refractivity contribution is 7.80. The molecule has 0 unspecified atom stereocenters. The Bertz CT molecular complexity index is 926. The lowest BCUT2D eigenvalue weighted by molar-refractivity contribution is 0.0990. The fourth-order valence-electron chi connectivity index (χ4n) is 4.40. The van der Waals surface area contributed by atoms with Crippen LogP contribution in [0.5, 0.6) is 5.88 Å². The number of carbonyl (C=O) groups is 1. The van der Waals surface area contributed by atoms with Gasteiger partial charge in [0.15, 0.2) is 0 Å². The van der Waals surface area contributed by atoms with Gasteiger partial charge in [-0.1, -0.05) is 24.4 Å². The molecule has 4 rings (SSSR count). The predicted octanol–water partition coefficient (Wildman–Crippen LogP) is 3.31. The topological polar surface area (TPSA) is 93.4 Å². The smallest absolute Gasteiger partial charge is 0.267 e. The average molecular weight is 426 g/mol. The number of aromatic nitrogens is 2. The first-order valence-corrected chi connectivity index (χ1v) is 10.8. The molecule has 8 heteroatoms. The fraction of sp³-hybridized carbons (Fsp3) is 0.455. The Balaban J connectivity index is 1.45. The number of amides is 1.